The van der Waals surface area contributed by atoms with E-state index in [9.17, 15) is 18.0 Å². The third-order valence-corrected chi connectivity index (χ3v) is 9.81. The van der Waals surface area contributed by atoms with Crippen LogP contribution in [0.3, 0.4) is 0 Å². The number of carbonyl (C=O) groups is 2. The lowest BCUT2D eigenvalue weighted by Crippen LogP contribution is -2.53. The van der Waals surface area contributed by atoms with Gasteiger partial charge in [0.2, 0.25) is 11.8 Å². The Morgan fingerprint density at radius 2 is 1.47 bits per heavy atom. The summed E-state index contributed by atoms with van der Waals surface area (Å²) < 4.78 is 29.9. The normalized spacial score (nSPS) is 11.9. The van der Waals surface area contributed by atoms with Gasteiger partial charge in [-0.3, -0.25) is 13.9 Å². The number of unbranched alkanes of at least 4 members (excludes halogenated alkanes) is 1. The number of halogens is 3. The van der Waals surface area contributed by atoms with Crippen LogP contribution in [0.4, 0.5) is 5.69 Å². The van der Waals surface area contributed by atoms with E-state index in [1.165, 1.54) is 35.2 Å². The fourth-order valence-corrected chi connectivity index (χ4v) is 7.20. The van der Waals surface area contributed by atoms with E-state index in [4.69, 9.17) is 23.2 Å². The molecule has 0 aliphatic carbocycles. The van der Waals surface area contributed by atoms with Crippen molar-refractivity contribution in [1.82, 2.24) is 10.2 Å². The number of sulfonamides is 1. The molecule has 4 rings (SSSR count). The highest BCUT2D eigenvalue weighted by molar-refractivity contribution is 9.10. The first-order valence-corrected chi connectivity index (χ1v) is 17.5. The van der Waals surface area contributed by atoms with Crippen LogP contribution in [0.5, 0.6) is 0 Å². The molecule has 0 aromatic heterocycles. The molecule has 0 aliphatic heterocycles. The maximum atomic E-state index is 14.5. The molecule has 7 nitrogen and oxygen atoms in total. The average Bonchev–Trinajstić information content (AvgIpc) is 3.02. The Labute approximate surface area is 283 Å². The number of hydrogen-bond acceptors (Lipinski definition) is 4. The minimum atomic E-state index is -4.26. The van der Waals surface area contributed by atoms with E-state index in [1.54, 1.807) is 18.2 Å². The van der Waals surface area contributed by atoms with Gasteiger partial charge in [-0.25, -0.2) is 8.42 Å². The summed E-state index contributed by atoms with van der Waals surface area (Å²) in [6, 6.07) is 28.1. The largest absolute Gasteiger partial charge is 0.354 e. The highest BCUT2D eigenvalue weighted by atomic mass is 79.9. The molecule has 11 heteroatoms. The first-order chi connectivity index (χ1) is 21.6. The summed E-state index contributed by atoms with van der Waals surface area (Å²) in [4.78, 5) is 29.7. The zero-order valence-corrected chi connectivity index (χ0v) is 28.6. The average molecular weight is 732 g/mol. The molecule has 236 valence electrons. The van der Waals surface area contributed by atoms with Crippen LogP contribution < -0.4 is 9.62 Å². The Bertz CT molecular complexity index is 1690. The van der Waals surface area contributed by atoms with Crippen molar-refractivity contribution >= 4 is 66.7 Å². The van der Waals surface area contributed by atoms with Gasteiger partial charge in [-0.05, 0) is 60.0 Å². The number of amides is 2. The molecule has 0 saturated heterocycles. The Balaban J connectivity index is 1.81. The van der Waals surface area contributed by atoms with Gasteiger partial charge in [0.15, 0.2) is 0 Å². The molecule has 1 N–H and O–H groups in total. The van der Waals surface area contributed by atoms with Crippen molar-refractivity contribution in [3.05, 3.63) is 129 Å². The fourth-order valence-electron chi connectivity index (χ4n) is 4.82. The number of nitrogens with zero attached hydrogens (tertiary/aromatic N) is 2. The SMILES string of the molecule is CCCCNC(=O)C(Cc1ccccc1)N(Cc1cccc(Br)c1)C(=O)CN(c1cc(Cl)cc(Cl)c1)S(=O)(=O)c1ccccc1. The van der Waals surface area contributed by atoms with E-state index in [2.05, 4.69) is 21.2 Å². The van der Waals surface area contributed by atoms with Crippen LogP contribution in [0.25, 0.3) is 0 Å². The molecule has 4 aromatic rings. The summed E-state index contributed by atoms with van der Waals surface area (Å²) in [5.41, 5.74) is 1.75. The molecule has 0 heterocycles. The van der Waals surface area contributed by atoms with Crippen molar-refractivity contribution in [3.8, 4) is 0 Å². The number of carbonyl (C=O) groups excluding carboxylic acids is 2. The fraction of sp³-hybridized carbons (Fsp3) is 0.235. The van der Waals surface area contributed by atoms with Gasteiger partial charge in [0.05, 0.1) is 10.6 Å². The van der Waals surface area contributed by atoms with Gasteiger partial charge in [0, 0.05) is 34.0 Å². The van der Waals surface area contributed by atoms with Crippen molar-refractivity contribution in [2.24, 2.45) is 0 Å². The van der Waals surface area contributed by atoms with Crippen molar-refractivity contribution < 1.29 is 18.0 Å². The molecular formula is C34H34BrCl2N3O4S. The summed E-state index contributed by atoms with van der Waals surface area (Å²) in [6.07, 6.45) is 1.90. The summed E-state index contributed by atoms with van der Waals surface area (Å²) in [5.74, 6) is -0.893. The predicted molar refractivity (Wildman–Crippen MR) is 184 cm³/mol. The Morgan fingerprint density at radius 3 is 2.09 bits per heavy atom. The number of anilines is 1. The Morgan fingerprint density at radius 1 is 0.844 bits per heavy atom. The monoisotopic (exact) mass is 729 g/mol. The van der Waals surface area contributed by atoms with Crippen LogP contribution in [0.2, 0.25) is 10.0 Å². The first-order valence-electron chi connectivity index (χ1n) is 14.5. The molecular weight excluding hydrogens is 697 g/mol. The van der Waals surface area contributed by atoms with Gasteiger partial charge in [0.1, 0.15) is 12.6 Å². The molecule has 0 aliphatic rings. The molecule has 0 spiro atoms. The van der Waals surface area contributed by atoms with Crippen molar-refractivity contribution in [1.29, 1.82) is 0 Å². The molecule has 45 heavy (non-hydrogen) atoms. The van der Waals surface area contributed by atoms with Crippen LogP contribution in [-0.4, -0.2) is 44.3 Å². The molecule has 0 saturated carbocycles. The molecule has 4 aromatic carbocycles. The summed E-state index contributed by atoms with van der Waals surface area (Å²) in [6.45, 7) is 1.94. The third-order valence-electron chi connectivity index (χ3n) is 7.09. The van der Waals surface area contributed by atoms with Crippen LogP contribution in [-0.2, 0) is 32.6 Å². The number of hydrogen-bond donors (Lipinski definition) is 1. The zero-order valence-electron chi connectivity index (χ0n) is 24.7. The minimum absolute atomic E-state index is 0.00872. The van der Waals surface area contributed by atoms with Gasteiger partial charge in [0.25, 0.3) is 10.0 Å². The van der Waals surface area contributed by atoms with Gasteiger partial charge < -0.3 is 10.2 Å². The van der Waals surface area contributed by atoms with Gasteiger partial charge >= 0.3 is 0 Å². The summed E-state index contributed by atoms with van der Waals surface area (Å²) >= 11 is 16.1. The van der Waals surface area contributed by atoms with Crippen molar-refractivity contribution in [3.63, 3.8) is 0 Å². The van der Waals surface area contributed by atoms with Crippen LogP contribution >= 0.6 is 39.1 Å². The van der Waals surface area contributed by atoms with Crippen molar-refractivity contribution in [2.45, 2.75) is 43.7 Å². The molecule has 2 amide bonds. The highest BCUT2D eigenvalue weighted by Crippen LogP contribution is 2.30. The first kappa shape index (κ1) is 34.5. The lowest BCUT2D eigenvalue weighted by molar-refractivity contribution is -0.140. The molecule has 0 bridgehead atoms. The third kappa shape index (κ3) is 9.56. The van der Waals surface area contributed by atoms with Gasteiger partial charge in [-0.2, -0.15) is 0 Å². The number of nitrogens with one attached hydrogen (secondary N) is 1. The van der Waals surface area contributed by atoms with E-state index in [-0.39, 0.29) is 39.5 Å². The van der Waals surface area contributed by atoms with Crippen LogP contribution in [0.15, 0.2) is 112 Å². The summed E-state index contributed by atoms with van der Waals surface area (Å²) in [7, 11) is -4.26. The zero-order chi connectivity index (χ0) is 32.4. The van der Waals surface area contributed by atoms with E-state index in [0.29, 0.717) is 6.54 Å². The lowest BCUT2D eigenvalue weighted by Gasteiger charge is -2.34. The van der Waals surface area contributed by atoms with E-state index < -0.39 is 28.5 Å². The Kier molecular flexibility index (Phi) is 12.5. The lowest BCUT2D eigenvalue weighted by atomic mass is 10.0. The van der Waals surface area contributed by atoms with Crippen LogP contribution in [0.1, 0.15) is 30.9 Å². The van der Waals surface area contributed by atoms with Gasteiger partial charge in [-0.15, -0.1) is 0 Å². The quantitative estimate of drug-likeness (QED) is 0.136. The number of benzene rings is 4. The Hall–Kier alpha value is -3.37. The maximum Gasteiger partial charge on any atom is 0.264 e. The smallest absolute Gasteiger partial charge is 0.264 e. The summed E-state index contributed by atoms with van der Waals surface area (Å²) in [5, 5.41) is 3.40. The second kappa shape index (κ2) is 16.3. The molecule has 0 fully saturated rings. The van der Waals surface area contributed by atoms with Crippen molar-refractivity contribution in [2.75, 3.05) is 17.4 Å². The van der Waals surface area contributed by atoms with Crippen LogP contribution in [0, 0.1) is 0 Å². The maximum absolute atomic E-state index is 14.5. The molecule has 1 atom stereocenters. The van der Waals surface area contributed by atoms with Gasteiger partial charge in [-0.1, -0.05) is 113 Å². The number of rotatable bonds is 14. The van der Waals surface area contributed by atoms with E-state index in [1.807, 2.05) is 61.5 Å². The highest BCUT2D eigenvalue weighted by Gasteiger charge is 2.34. The molecule has 0 radical (unpaired) electrons. The minimum Gasteiger partial charge on any atom is -0.354 e. The second-order valence-corrected chi connectivity index (χ2v) is 14.1. The topological polar surface area (TPSA) is 86.8 Å². The predicted octanol–water partition coefficient (Wildman–Crippen LogP) is 7.51. The van der Waals surface area contributed by atoms with E-state index in [0.717, 1.165) is 32.7 Å². The standard InChI is InChI=1S/C34H34BrCl2N3O4S/c1-2-3-17-38-34(42)32(19-25-11-6-4-7-12-25)39(23-26-13-10-14-27(35)18-26)33(41)24-40(30-21-28(36)20-29(37)22-30)45(43,44)31-15-8-5-9-16-31/h4-16,18,20-22,32H,2-3,17,19,23-24H2,1H3,(H,38,42). The molecule has 1 unspecified atom stereocenters. The van der Waals surface area contributed by atoms with E-state index >= 15 is 0 Å². The second-order valence-electron chi connectivity index (χ2n) is 10.5.